The zero-order valence-corrected chi connectivity index (χ0v) is 19.2. The lowest BCUT2D eigenvalue weighted by Crippen LogP contribution is -2.33. The summed E-state index contributed by atoms with van der Waals surface area (Å²) in [6.07, 6.45) is 5.72. The summed E-state index contributed by atoms with van der Waals surface area (Å²) in [5.41, 5.74) is 4.48. The van der Waals surface area contributed by atoms with Crippen molar-refractivity contribution in [1.82, 2.24) is 20.2 Å². The van der Waals surface area contributed by atoms with Gasteiger partial charge in [-0.1, -0.05) is 11.6 Å². The predicted octanol–water partition coefficient (Wildman–Crippen LogP) is 4.52. The molecule has 0 bridgehead atoms. The standard InChI is InChI=1S/C24H26N4O.2ClH/c1-16-4-5-22-20(11-16)21(12-23(27-22)19-3-2-8-25-15-19)24(29)28-9-6-17-13-26-14-18(17)7-10-28;;/h2-5,8,11-12,15,17-18,26H,6-7,9-10,13-14H2,1H3;2*1H/t17-,18+;;. The van der Waals surface area contributed by atoms with E-state index >= 15 is 0 Å². The number of hydrogen-bond donors (Lipinski definition) is 1. The Morgan fingerprint density at radius 3 is 2.48 bits per heavy atom. The zero-order valence-electron chi connectivity index (χ0n) is 17.6. The Balaban J connectivity index is 0.00000136. The molecule has 0 aliphatic carbocycles. The van der Waals surface area contributed by atoms with E-state index in [-0.39, 0.29) is 30.7 Å². The number of pyridine rings is 2. The second-order valence-electron chi connectivity index (χ2n) is 8.37. The van der Waals surface area contributed by atoms with Gasteiger partial charge in [-0.25, -0.2) is 4.98 Å². The summed E-state index contributed by atoms with van der Waals surface area (Å²) in [5.74, 6) is 1.53. The van der Waals surface area contributed by atoms with Gasteiger partial charge in [-0.3, -0.25) is 9.78 Å². The van der Waals surface area contributed by atoms with Crippen molar-refractivity contribution in [2.45, 2.75) is 19.8 Å². The first-order chi connectivity index (χ1) is 14.2. The molecule has 2 aromatic heterocycles. The number of rotatable bonds is 2. The molecule has 31 heavy (non-hydrogen) atoms. The number of nitrogens with zero attached hydrogens (tertiary/aromatic N) is 3. The summed E-state index contributed by atoms with van der Waals surface area (Å²) >= 11 is 0. The predicted molar refractivity (Wildman–Crippen MR) is 129 cm³/mol. The number of halogens is 2. The molecule has 1 N–H and O–H groups in total. The molecule has 1 amide bonds. The van der Waals surface area contributed by atoms with E-state index in [4.69, 9.17) is 4.98 Å². The fourth-order valence-corrected chi connectivity index (χ4v) is 4.77. The third kappa shape index (κ3) is 4.69. The van der Waals surface area contributed by atoms with Gasteiger partial charge in [0.2, 0.25) is 0 Å². The van der Waals surface area contributed by atoms with Crippen LogP contribution in [0.2, 0.25) is 0 Å². The molecule has 2 fully saturated rings. The van der Waals surface area contributed by atoms with Crippen molar-refractivity contribution >= 4 is 41.6 Å². The van der Waals surface area contributed by atoms with Crippen LogP contribution in [0.25, 0.3) is 22.2 Å². The quantitative estimate of drug-likeness (QED) is 0.612. The van der Waals surface area contributed by atoms with Crippen LogP contribution in [0.1, 0.15) is 28.8 Å². The summed E-state index contributed by atoms with van der Waals surface area (Å²) in [4.78, 5) is 24.7. The molecule has 1 aromatic carbocycles. The Morgan fingerprint density at radius 2 is 1.81 bits per heavy atom. The Morgan fingerprint density at radius 1 is 1.06 bits per heavy atom. The summed E-state index contributed by atoms with van der Waals surface area (Å²) in [6, 6.07) is 12.0. The molecule has 0 radical (unpaired) electrons. The molecule has 3 aromatic rings. The van der Waals surface area contributed by atoms with E-state index in [9.17, 15) is 4.79 Å². The van der Waals surface area contributed by atoms with Crippen molar-refractivity contribution in [2.75, 3.05) is 26.2 Å². The van der Waals surface area contributed by atoms with Gasteiger partial charge in [-0.2, -0.15) is 0 Å². The summed E-state index contributed by atoms with van der Waals surface area (Å²) in [5, 5.41) is 4.44. The average Bonchev–Trinajstić information content (AvgIpc) is 3.11. The van der Waals surface area contributed by atoms with Crippen LogP contribution in [0.4, 0.5) is 0 Å². The number of carbonyl (C=O) groups excluding carboxylic acids is 1. The van der Waals surface area contributed by atoms with Crippen LogP contribution in [-0.2, 0) is 0 Å². The SMILES string of the molecule is Cc1ccc2nc(-c3cccnc3)cc(C(=O)N3CC[C@@H]4CNC[C@@H]4CC3)c2c1.Cl.Cl. The van der Waals surface area contributed by atoms with Gasteiger partial charge in [-0.05, 0) is 75.0 Å². The maximum atomic E-state index is 13.6. The molecule has 0 unspecified atom stereocenters. The van der Waals surface area contributed by atoms with Crippen molar-refractivity contribution in [3.8, 4) is 11.3 Å². The van der Waals surface area contributed by atoms with Crippen molar-refractivity contribution in [3.63, 3.8) is 0 Å². The summed E-state index contributed by atoms with van der Waals surface area (Å²) < 4.78 is 0. The first-order valence-corrected chi connectivity index (χ1v) is 10.5. The van der Waals surface area contributed by atoms with Crippen molar-refractivity contribution in [2.24, 2.45) is 11.8 Å². The van der Waals surface area contributed by atoms with Gasteiger partial charge >= 0.3 is 0 Å². The maximum Gasteiger partial charge on any atom is 0.254 e. The fourth-order valence-electron chi connectivity index (χ4n) is 4.77. The molecule has 0 spiro atoms. The van der Waals surface area contributed by atoms with Crippen LogP contribution in [-0.4, -0.2) is 47.0 Å². The number of aryl methyl sites for hydroxylation is 1. The Kier molecular flexibility index (Phi) is 7.52. The van der Waals surface area contributed by atoms with Gasteiger partial charge in [0.25, 0.3) is 5.91 Å². The van der Waals surface area contributed by atoms with E-state index in [2.05, 4.69) is 34.3 Å². The van der Waals surface area contributed by atoms with Crippen LogP contribution in [0, 0.1) is 18.8 Å². The van der Waals surface area contributed by atoms with Gasteiger partial charge in [0.15, 0.2) is 0 Å². The molecular formula is C24H28Cl2N4O. The monoisotopic (exact) mass is 458 g/mol. The zero-order chi connectivity index (χ0) is 19.8. The number of likely N-dealkylation sites (tertiary alicyclic amines) is 1. The second kappa shape index (κ2) is 9.94. The third-order valence-corrected chi connectivity index (χ3v) is 6.46. The number of aromatic nitrogens is 2. The number of nitrogens with one attached hydrogen (secondary N) is 1. The lowest BCUT2D eigenvalue weighted by molar-refractivity contribution is 0.0760. The van der Waals surface area contributed by atoms with Crippen LogP contribution < -0.4 is 5.32 Å². The molecule has 4 heterocycles. The van der Waals surface area contributed by atoms with E-state index in [1.807, 2.05) is 24.3 Å². The van der Waals surface area contributed by atoms with E-state index < -0.39 is 0 Å². The highest BCUT2D eigenvalue weighted by molar-refractivity contribution is 6.07. The van der Waals surface area contributed by atoms with Crippen LogP contribution in [0.5, 0.6) is 0 Å². The number of carbonyl (C=O) groups is 1. The van der Waals surface area contributed by atoms with Crippen molar-refractivity contribution < 1.29 is 4.79 Å². The third-order valence-electron chi connectivity index (χ3n) is 6.46. The number of benzene rings is 1. The molecule has 2 atom stereocenters. The highest BCUT2D eigenvalue weighted by Crippen LogP contribution is 2.30. The molecule has 0 saturated carbocycles. The lowest BCUT2D eigenvalue weighted by Gasteiger charge is -2.22. The minimum atomic E-state index is 0. The second-order valence-corrected chi connectivity index (χ2v) is 8.37. The highest BCUT2D eigenvalue weighted by Gasteiger charge is 2.32. The molecular weight excluding hydrogens is 431 g/mol. The average molecular weight is 459 g/mol. The maximum absolute atomic E-state index is 13.6. The minimum absolute atomic E-state index is 0. The first kappa shape index (κ1) is 23.5. The number of hydrogen-bond acceptors (Lipinski definition) is 4. The van der Waals surface area contributed by atoms with Crippen molar-refractivity contribution in [1.29, 1.82) is 0 Å². The van der Waals surface area contributed by atoms with Gasteiger partial charge in [-0.15, -0.1) is 24.8 Å². The largest absolute Gasteiger partial charge is 0.339 e. The first-order valence-electron chi connectivity index (χ1n) is 10.5. The molecule has 2 saturated heterocycles. The van der Waals surface area contributed by atoms with E-state index in [1.165, 1.54) is 0 Å². The smallest absolute Gasteiger partial charge is 0.254 e. The van der Waals surface area contributed by atoms with Gasteiger partial charge in [0.1, 0.15) is 0 Å². The Hall–Kier alpha value is -2.21. The highest BCUT2D eigenvalue weighted by atomic mass is 35.5. The van der Waals surface area contributed by atoms with E-state index in [1.54, 1.807) is 12.4 Å². The Labute approximate surface area is 195 Å². The molecule has 164 valence electrons. The summed E-state index contributed by atoms with van der Waals surface area (Å²) in [7, 11) is 0. The lowest BCUT2D eigenvalue weighted by atomic mass is 9.92. The molecule has 5 nitrogen and oxygen atoms in total. The number of fused-ring (bicyclic) bond motifs is 2. The van der Waals surface area contributed by atoms with Crippen LogP contribution in [0.3, 0.4) is 0 Å². The van der Waals surface area contributed by atoms with Gasteiger partial charge in [0, 0.05) is 36.4 Å². The van der Waals surface area contributed by atoms with Gasteiger partial charge < -0.3 is 10.2 Å². The fraction of sp³-hybridized carbons (Fsp3) is 0.375. The molecule has 2 aliphatic rings. The van der Waals surface area contributed by atoms with Gasteiger partial charge in [0.05, 0.1) is 16.8 Å². The number of amides is 1. The molecule has 2 aliphatic heterocycles. The van der Waals surface area contributed by atoms with Crippen LogP contribution in [0.15, 0.2) is 48.8 Å². The topological polar surface area (TPSA) is 58.1 Å². The molecule has 7 heteroatoms. The van der Waals surface area contributed by atoms with Crippen molar-refractivity contribution in [3.05, 3.63) is 59.9 Å². The van der Waals surface area contributed by atoms with E-state index in [0.29, 0.717) is 11.8 Å². The van der Waals surface area contributed by atoms with E-state index in [0.717, 1.165) is 72.3 Å². The van der Waals surface area contributed by atoms with Crippen LogP contribution >= 0.6 is 24.8 Å². The normalized spacial score (nSPS) is 20.4. The minimum Gasteiger partial charge on any atom is -0.339 e. The Bertz CT molecular complexity index is 1050. The summed E-state index contributed by atoms with van der Waals surface area (Å²) in [6.45, 7) is 5.91. The molecule has 5 rings (SSSR count).